The summed E-state index contributed by atoms with van der Waals surface area (Å²) in [6.45, 7) is 7.65. The Morgan fingerprint density at radius 3 is 2.92 bits per heavy atom. The van der Waals surface area contributed by atoms with Gasteiger partial charge in [0.15, 0.2) is 0 Å². The van der Waals surface area contributed by atoms with E-state index in [2.05, 4.69) is 12.2 Å². The van der Waals surface area contributed by atoms with E-state index < -0.39 is 0 Å². The molecule has 0 amide bonds. The summed E-state index contributed by atoms with van der Waals surface area (Å²) >= 11 is 0. The van der Waals surface area contributed by atoms with E-state index in [1.807, 2.05) is 6.92 Å². The lowest BCUT2D eigenvalue weighted by molar-refractivity contribution is -0.0821. The van der Waals surface area contributed by atoms with Crippen LogP contribution < -0.4 is 5.32 Å². The number of nitrogens with one attached hydrogen (secondary N) is 1. The SMILES string of the molecule is CCOC(CC)C1CNCCO1. The molecule has 0 bridgehead atoms. The van der Waals surface area contributed by atoms with Crippen molar-refractivity contribution < 1.29 is 9.47 Å². The van der Waals surface area contributed by atoms with E-state index in [1.54, 1.807) is 0 Å². The zero-order valence-electron chi connectivity index (χ0n) is 8.01. The van der Waals surface area contributed by atoms with Gasteiger partial charge in [0.1, 0.15) is 0 Å². The van der Waals surface area contributed by atoms with Crippen molar-refractivity contribution in [2.75, 3.05) is 26.3 Å². The van der Waals surface area contributed by atoms with Gasteiger partial charge in [0.25, 0.3) is 0 Å². The molecule has 12 heavy (non-hydrogen) atoms. The van der Waals surface area contributed by atoms with Gasteiger partial charge in [0, 0.05) is 19.7 Å². The van der Waals surface area contributed by atoms with E-state index in [4.69, 9.17) is 9.47 Å². The minimum atomic E-state index is 0.253. The van der Waals surface area contributed by atoms with E-state index in [0.717, 1.165) is 32.7 Å². The lowest BCUT2D eigenvalue weighted by atomic mass is 10.1. The van der Waals surface area contributed by atoms with Crippen molar-refractivity contribution in [3.05, 3.63) is 0 Å². The average molecular weight is 173 g/mol. The van der Waals surface area contributed by atoms with Crippen molar-refractivity contribution in [3.8, 4) is 0 Å². The largest absolute Gasteiger partial charge is 0.376 e. The highest BCUT2D eigenvalue weighted by atomic mass is 16.5. The summed E-state index contributed by atoms with van der Waals surface area (Å²) in [5.41, 5.74) is 0. The molecule has 2 atom stereocenters. The molecule has 1 saturated heterocycles. The Balaban J connectivity index is 2.29. The lowest BCUT2D eigenvalue weighted by Crippen LogP contribution is -2.45. The van der Waals surface area contributed by atoms with Gasteiger partial charge in [-0.2, -0.15) is 0 Å². The summed E-state index contributed by atoms with van der Waals surface area (Å²) in [4.78, 5) is 0. The van der Waals surface area contributed by atoms with Crippen molar-refractivity contribution in [2.45, 2.75) is 32.5 Å². The van der Waals surface area contributed by atoms with Gasteiger partial charge in [0.05, 0.1) is 18.8 Å². The molecule has 1 aliphatic rings. The predicted octanol–water partition coefficient (Wildman–Crippen LogP) is 0.790. The third-order valence-electron chi connectivity index (χ3n) is 2.15. The van der Waals surface area contributed by atoms with Crippen molar-refractivity contribution in [3.63, 3.8) is 0 Å². The number of rotatable bonds is 4. The van der Waals surface area contributed by atoms with Crippen LogP contribution in [0.15, 0.2) is 0 Å². The zero-order chi connectivity index (χ0) is 8.81. The summed E-state index contributed by atoms with van der Waals surface area (Å²) in [5.74, 6) is 0. The van der Waals surface area contributed by atoms with Crippen LogP contribution >= 0.6 is 0 Å². The van der Waals surface area contributed by atoms with Crippen LogP contribution in [0.4, 0.5) is 0 Å². The normalized spacial score (nSPS) is 27.0. The first-order valence-electron chi connectivity index (χ1n) is 4.82. The van der Waals surface area contributed by atoms with Crippen molar-refractivity contribution >= 4 is 0 Å². The third kappa shape index (κ3) is 2.73. The van der Waals surface area contributed by atoms with Crippen LogP contribution in [0.3, 0.4) is 0 Å². The summed E-state index contributed by atoms with van der Waals surface area (Å²) in [6, 6.07) is 0. The van der Waals surface area contributed by atoms with Crippen LogP contribution in [-0.2, 0) is 9.47 Å². The molecule has 3 heteroatoms. The molecule has 2 unspecified atom stereocenters. The van der Waals surface area contributed by atoms with Crippen molar-refractivity contribution in [2.24, 2.45) is 0 Å². The molecule has 1 aliphatic heterocycles. The minimum Gasteiger partial charge on any atom is -0.376 e. The van der Waals surface area contributed by atoms with Crippen LogP contribution in [0.25, 0.3) is 0 Å². The van der Waals surface area contributed by atoms with Crippen molar-refractivity contribution in [1.29, 1.82) is 0 Å². The topological polar surface area (TPSA) is 30.5 Å². The quantitative estimate of drug-likeness (QED) is 0.682. The Morgan fingerprint density at radius 1 is 1.58 bits per heavy atom. The molecular weight excluding hydrogens is 154 g/mol. The van der Waals surface area contributed by atoms with Gasteiger partial charge in [-0.1, -0.05) is 6.92 Å². The maximum Gasteiger partial charge on any atom is 0.0961 e. The van der Waals surface area contributed by atoms with E-state index in [1.165, 1.54) is 0 Å². The van der Waals surface area contributed by atoms with Crippen LogP contribution in [0, 0.1) is 0 Å². The van der Waals surface area contributed by atoms with E-state index >= 15 is 0 Å². The van der Waals surface area contributed by atoms with Gasteiger partial charge in [-0.25, -0.2) is 0 Å². The van der Waals surface area contributed by atoms with Crippen LogP contribution in [0.5, 0.6) is 0 Å². The summed E-state index contributed by atoms with van der Waals surface area (Å²) < 4.78 is 11.2. The predicted molar refractivity (Wildman–Crippen MR) is 48.3 cm³/mol. The summed E-state index contributed by atoms with van der Waals surface area (Å²) in [5, 5.41) is 3.30. The highest BCUT2D eigenvalue weighted by Gasteiger charge is 2.22. The molecule has 1 rings (SSSR count). The molecule has 0 aromatic carbocycles. The first-order valence-corrected chi connectivity index (χ1v) is 4.82. The average Bonchev–Trinajstić information content (AvgIpc) is 2.15. The number of morpholine rings is 1. The zero-order valence-corrected chi connectivity index (χ0v) is 8.01. The molecule has 1 fully saturated rings. The smallest absolute Gasteiger partial charge is 0.0961 e. The molecule has 0 aromatic heterocycles. The van der Waals surface area contributed by atoms with E-state index in [0.29, 0.717) is 0 Å². The van der Waals surface area contributed by atoms with E-state index in [-0.39, 0.29) is 12.2 Å². The maximum absolute atomic E-state index is 5.60. The maximum atomic E-state index is 5.60. The number of hydrogen-bond acceptors (Lipinski definition) is 3. The van der Waals surface area contributed by atoms with Gasteiger partial charge < -0.3 is 14.8 Å². The van der Waals surface area contributed by atoms with Crippen LogP contribution in [0.1, 0.15) is 20.3 Å². The van der Waals surface area contributed by atoms with Gasteiger partial charge >= 0.3 is 0 Å². The molecule has 0 radical (unpaired) electrons. The summed E-state index contributed by atoms with van der Waals surface area (Å²) in [7, 11) is 0. The second-order valence-electron chi connectivity index (χ2n) is 3.02. The Kier molecular flexibility index (Phi) is 4.58. The molecule has 72 valence electrons. The summed E-state index contributed by atoms with van der Waals surface area (Å²) in [6.07, 6.45) is 1.55. The molecule has 0 saturated carbocycles. The number of ether oxygens (including phenoxy) is 2. The van der Waals surface area contributed by atoms with Gasteiger partial charge in [-0.3, -0.25) is 0 Å². The fraction of sp³-hybridized carbons (Fsp3) is 1.00. The second-order valence-corrected chi connectivity index (χ2v) is 3.02. The highest BCUT2D eigenvalue weighted by Crippen LogP contribution is 2.09. The number of hydrogen-bond donors (Lipinski definition) is 1. The van der Waals surface area contributed by atoms with Crippen molar-refractivity contribution in [1.82, 2.24) is 5.32 Å². The molecule has 3 nitrogen and oxygen atoms in total. The third-order valence-corrected chi connectivity index (χ3v) is 2.15. The first-order chi connectivity index (χ1) is 5.88. The first kappa shape index (κ1) is 9.96. The highest BCUT2D eigenvalue weighted by molar-refractivity contribution is 4.75. The second kappa shape index (κ2) is 5.51. The van der Waals surface area contributed by atoms with Gasteiger partial charge in [-0.15, -0.1) is 0 Å². The van der Waals surface area contributed by atoms with Crippen LogP contribution in [-0.4, -0.2) is 38.5 Å². The minimum absolute atomic E-state index is 0.253. The fourth-order valence-electron chi connectivity index (χ4n) is 1.53. The van der Waals surface area contributed by atoms with Crippen LogP contribution in [0.2, 0.25) is 0 Å². The molecule has 1 heterocycles. The molecule has 0 aromatic rings. The molecule has 0 spiro atoms. The Bertz CT molecular complexity index is 110. The van der Waals surface area contributed by atoms with E-state index in [9.17, 15) is 0 Å². The molecule has 0 aliphatic carbocycles. The Morgan fingerprint density at radius 2 is 2.42 bits per heavy atom. The monoisotopic (exact) mass is 173 g/mol. The Hall–Kier alpha value is -0.120. The molecule has 1 N–H and O–H groups in total. The Labute approximate surface area is 74.4 Å². The van der Waals surface area contributed by atoms with Gasteiger partial charge in [-0.05, 0) is 13.3 Å². The van der Waals surface area contributed by atoms with Gasteiger partial charge in [0.2, 0.25) is 0 Å². The standard InChI is InChI=1S/C9H19NO2/c1-3-8(11-4-2)9-7-10-5-6-12-9/h8-10H,3-7H2,1-2H3. The molecular formula is C9H19NO2. The lowest BCUT2D eigenvalue weighted by Gasteiger charge is -2.30. The fourth-order valence-corrected chi connectivity index (χ4v) is 1.53.